The molecule has 6 nitrogen and oxygen atoms in total. The van der Waals surface area contributed by atoms with Crippen molar-refractivity contribution in [2.75, 3.05) is 47.8 Å². The zero-order valence-electron chi connectivity index (χ0n) is 23.8. The summed E-state index contributed by atoms with van der Waals surface area (Å²) >= 11 is 0. The van der Waals surface area contributed by atoms with Crippen LogP contribution in [0, 0.1) is 18.7 Å². The molecular weight excluding hydrogens is 515 g/mol. The van der Waals surface area contributed by atoms with Crippen LogP contribution in [0.4, 0.5) is 21.5 Å². The Bertz CT molecular complexity index is 1380. The maximum absolute atomic E-state index is 15.0. The zero-order valence-corrected chi connectivity index (χ0v) is 23.8. The summed E-state index contributed by atoms with van der Waals surface area (Å²) in [5.74, 6) is -1.46. The van der Waals surface area contributed by atoms with Crippen LogP contribution in [0.3, 0.4) is 0 Å². The molecule has 2 atom stereocenters. The molecule has 0 radical (unpaired) electrons. The lowest BCUT2D eigenvalue weighted by Gasteiger charge is -2.41. The van der Waals surface area contributed by atoms with Gasteiger partial charge in [0.15, 0.2) is 0 Å². The van der Waals surface area contributed by atoms with E-state index >= 15 is 0 Å². The molecule has 1 unspecified atom stereocenters. The van der Waals surface area contributed by atoms with Gasteiger partial charge in [0.2, 0.25) is 5.91 Å². The number of anilines is 3. The monoisotopic (exact) mass is 554 g/mol. The summed E-state index contributed by atoms with van der Waals surface area (Å²) in [7, 11) is 0. The van der Waals surface area contributed by atoms with Crippen molar-refractivity contribution in [2.24, 2.45) is 5.92 Å². The highest BCUT2D eigenvalue weighted by atomic mass is 19.1. The second kappa shape index (κ2) is 11.9. The van der Waals surface area contributed by atoms with Gasteiger partial charge in [-0.15, -0.1) is 0 Å². The number of halogens is 1. The van der Waals surface area contributed by atoms with E-state index in [4.69, 9.17) is 0 Å². The van der Waals surface area contributed by atoms with E-state index in [9.17, 15) is 14.0 Å². The van der Waals surface area contributed by atoms with Gasteiger partial charge < -0.3 is 20.0 Å². The number of benzene rings is 3. The maximum atomic E-state index is 15.0. The van der Waals surface area contributed by atoms with Crippen molar-refractivity contribution in [3.05, 3.63) is 89.2 Å². The van der Waals surface area contributed by atoms with E-state index < -0.39 is 17.8 Å². The molecule has 3 aromatic rings. The second-order valence-corrected chi connectivity index (χ2v) is 11.6. The summed E-state index contributed by atoms with van der Waals surface area (Å²) in [6.07, 6.45) is 6.07. The minimum absolute atomic E-state index is 0.0885. The van der Waals surface area contributed by atoms with Gasteiger partial charge in [0.25, 0.3) is 5.91 Å². The van der Waals surface area contributed by atoms with Gasteiger partial charge in [-0.2, -0.15) is 0 Å². The fourth-order valence-electron chi connectivity index (χ4n) is 6.80. The molecule has 0 bridgehead atoms. The average molecular weight is 555 g/mol. The minimum atomic E-state index is -0.525. The van der Waals surface area contributed by atoms with Gasteiger partial charge in [0.05, 0.1) is 17.5 Å². The third-order valence-electron chi connectivity index (χ3n) is 8.96. The number of hydrogen-bond acceptors (Lipinski definition) is 4. The SMILES string of the molecule is Cc1cccc(F)c1C(=O)N1CCC[C@H](C(=O)Nc2cccc(N3CCCC3)c2)C1c1ccc(N2CCCC2)cc1. The van der Waals surface area contributed by atoms with Gasteiger partial charge in [-0.25, -0.2) is 4.39 Å². The van der Waals surface area contributed by atoms with E-state index in [1.54, 1.807) is 24.0 Å². The first-order chi connectivity index (χ1) is 20.0. The van der Waals surface area contributed by atoms with E-state index in [2.05, 4.69) is 33.3 Å². The van der Waals surface area contributed by atoms with Crippen molar-refractivity contribution in [2.45, 2.75) is 51.5 Å². The summed E-state index contributed by atoms with van der Waals surface area (Å²) in [5, 5.41) is 3.17. The molecule has 41 heavy (non-hydrogen) atoms. The Hall–Kier alpha value is -3.87. The number of carbonyl (C=O) groups is 2. The minimum Gasteiger partial charge on any atom is -0.372 e. The second-order valence-electron chi connectivity index (χ2n) is 11.6. The number of piperidine rings is 1. The standard InChI is InChI=1S/C34H39FN4O2/c1-24-9-6-13-30(35)31(24)34(41)39-22-8-12-29(32(39)25-14-16-27(17-15-25)37-18-2-3-19-37)33(40)36-26-10-7-11-28(23-26)38-20-4-5-21-38/h6-7,9-11,13-17,23,29,32H,2-5,8,12,18-22H2,1H3,(H,36,40)/t29-,32?/m0/s1. The molecule has 3 heterocycles. The number of likely N-dealkylation sites (tertiary alicyclic amines) is 1. The molecule has 3 aliphatic rings. The normalized spacial score (nSPS) is 20.9. The van der Waals surface area contributed by atoms with Crippen LogP contribution < -0.4 is 15.1 Å². The van der Waals surface area contributed by atoms with Gasteiger partial charge in [-0.3, -0.25) is 9.59 Å². The summed E-state index contributed by atoms with van der Waals surface area (Å²) in [6.45, 7) is 6.38. The zero-order chi connectivity index (χ0) is 28.3. The predicted octanol–water partition coefficient (Wildman–Crippen LogP) is 6.57. The van der Waals surface area contributed by atoms with Gasteiger partial charge >= 0.3 is 0 Å². The van der Waals surface area contributed by atoms with Crippen molar-refractivity contribution < 1.29 is 14.0 Å². The lowest BCUT2D eigenvalue weighted by atomic mass is 9.83. The van der Waals surface area contributed by atoms with Crippen LogP contribution in [0.2, 0.25) is 0 Å². The Morgan fingerprint density at radius 1 is 0.780 bits per heavy atom. The van der Waals surface area contributed by atoms with E-state index in [0.29, 0.717) is 24.9 Å². The van der Waals surface area contributed by atoms with Crippen LogP contribution in [-0.2, 0) is 4.79 Å². The van der Waals surface area contributed by atoms with Crippen molar-refractivity contribution in [3.63, 3.8) is 0 Å². The van der Waals surface area contributed by atoms with Gasteiger partial charge in [0.1, 0.15) is 5.82 Å². The fraction of sp³-hybridized carbons (Fsp3) is 0.412. The number of amides is 2. The number of nitrogens with zero attached hydrogens (tertiary/aromatic N) is 3. The maximum Gasteiger partial charge on any atom is 0.257 e. The van der Waals surface area contributed by atoms with Gasteiger partial charge in [-0.1, -0.05) is 30.3 Å². The summed E-state index contributed by atoms with van der Waals surface area (Å²) in [5.41, 5.74) is 4.63. The summed E-state index contributed by atoms with van der Waals surface area (Å²) < 4.78 is 15.0. The molecular formula is C34H39FN4O2. The fourth-order valence-corrected chi connectivity index (χ4v) is 6.80. The lowest BCUT2D eigenvalue weighted by Crippen LogP contribution is -2.46. The molecule has 214 valence electrons. The Kier molecular flexibility index (Phi) is 7.95. The van der Waals surface area contributed by atoms with Crippen LogP contribution >= 0.6 is 0 Å². The molecule has 3 aliphatic heterocycles. The van der Waals surface area contributed by atoms with E-state index in [0.717, 1.165) is 48.8 Å². The number of nitrogens with one attached hydrogen (secondary N) is 1. The third-order valence-corrected chi connectivity index (χ3v) is 8.96. The highest BCUT2D eigenvalue weighted by Gasteiger charge is 2.40. The van der Waals surface area contributed by atoms with Crippen LogP contribution in [0.5, 0.6) is 0 Å². The van der Waals surface area contributed by atoms with Gasteiger partial charge in [-0.05, 0) is 93.0 Å². The number of hydrogen-bond donors (Lipinski definition) is 1. The smallest absolute Gasteiger partial charge is 0.257 e. The number of rotatable bonds is 6. The van der Waals surface area contributed by atoms with Gasteiger partial charge in [0, 0.05) is 49.8 Å². The quantitative estimate of drug-likeness (QED) is 0.375. The van der Waals surface area contributed by atoms with Crippen molar-refractivity contribution >= 4 is 28.9 Å². The topological polar surface area (TPSA) is 55.9 Å². The molecule has 1 N–H and O–H groups in total. The Morgan fingerprint density at radius 3 is 2.12 bits per heavy atom. The van der Waals surface area contributed by atoms with E-state index in [1.165, 1.54) is 31.7 Å². The highest BCUT2D eigenvalue weighted by Crippen LogP contribution is 2.39. The van der Waals surface area contributed by atoms with E-state index in [1.807, 2.05) is 30.3 Å². The molecule has 0 aliphatic carbocycles. The number of carbonyl (C=O) groups excluding carboxylic acids is 2. The molecule has 0 aromatic heterocycles. The first kappa shape index (κ1) is 27.3. The van der Waals surface area contributed by atoms with Crippen molar-refractivity contribution in [1.82, 2.24) is 4.90 Å². The van der Waals surface area contributed by atoms with Crippen LogP contribution in [0.1, 0.15) is 66.1 Å². The predicted molar refractivity (Wildman–Crippen MR) is 162 cm³/mol. The molecule has 3 aromatic carbocycles. The first-order valence-corrected chi connectivity index (χ1v) is 15.1. The molecule has 0 spiro atoms. The lowest BCUT2D eigenvalue weighted by molar-refractivity contribution is -0.123. The largest absolute Gasteiger partial charge is 0.372 e. The molecule has 0 saturated carbocycles. The van der Waals surface area contributed by atoms with E-state index in [-0.39, 0.29) is 17.4 Å². The number of aryl methyl sites for hydroxylation is 1. The molecule has 2 amide bonds. The summed E-state index contributed by atoms with van der Waals surface area (Å²) in [4.78, 5) is 34.4. The Balaban J connectivity index is 1.31. The average Bonchev–Trinajstić information content (AvgIpc) is 3.72. The third kappa shape index (κ3) is 5.67. The molecule has 3 saturated heterocycles. The summed E-state index contributed by atoms with van der Waals surface area (Å²) in [6, 6.07) is 20.5. The highest BCUT2D eigenvalue weighted by molar-refractivity contribution is 5.98. The Labute approximate surface area is 242 Å². The van der Waals surface area contributed by atoms with Crippen LogP contribution in [-0.4, -0.2) is 49.4 Å². The first-order valence-electron chi connectivity index (χ1n) is 15.1. The van der Waals surface area contributed by atoms with Crippen molar-refractivity contribution in [1.29, 1.82) is 0 Å². The molecule has 3 fully saturated rings. The molecule has 6 rings (SSSR count). The Morgan fingerprint density at radius 2 is 1.44 bits per heavy atom. The van der Waals surface area contributed by atoms with Crippen molar-refractivity contribution in [3.8, 4) is 0 Å². The molecule has 7 heteroatoms. The van der Waals surface area contributed by atoms with Crippen LogP contribution in [0.25, 0.3) is 0 Å². The van der Waals surface area contributed by atoms with Crippen LogP contribution in [0.15, 0.2) is 66.7 Å².